The second kappa shape index (κ2) is 6.16. The van der Waals surface area contributed by atoms with Crippen LogP contribution >= 0.6 is 34.8 Å². The summed E-state index contributed by atoms with van der Waals surface area (Å²) in [4.78, 5) is 0. The number of hydrogen-bond donors (Lipinski definition) is 1. The van der Waals surface area contributed by atoms with Crippen LogP contribution in [-0.4, -0.2) is 0 Å². The molecule has 0 fully saturated rings. The number of nitriles is 1. The van der Waals surface area contributed by atoms with Gasteiger partial charge in [0.25, 0.3) is 0 Å². The maximum absolute atomic E-state index is 9.29. The molecule has 19 heavy (non-hydrogen) atoms. The van der Waals surface area contributed by atoms with Crippen molar-refractivity contribution in [2.24, 2.45) is 0 Å². The smallest absolute Gasteiger partial charge is 0.143 e. The molecule has 0 amide bonds. The number of rotatable bonds is 3. The molecule has 0 radical (unpaired) electrons. The van der Waals surface area contributed by atoms with Crippen molar-refractivity contribution >= 4 is 40.5 Å². The Morgan fingerprint density at radius 1 is 0.947 bits per heavy atom. The molecular weight excluding hydrogens is 303 g/mol. The first kappa shape index (κ1) is 14.0. The van der Waals surface area contributed by atoms with Crippen molar-refractivity contribution in [1.82, 2.24) is 0 Å². The first-order valence-electron chi connectivity index (χ1n) is 5.47. The average molecular weight is 312 g/mol. The molecule has 5 heteroatoms. The van der Waals surface area contributed by atoms with Gasteiger partial charge < -0.3 is 5.32 Å². The summed E-state index contributed by atoms with van der Waals surface area (Å²) in [6.45, 7) is 0. The van der Waals surface area contributed by atoms with Crippen LogP contribution in [0.2, 0.25) is 15.1 Å². The predicted octanol–water partition coefficient (Wildman–Crippen LogP) is 5.32. The van der Waals surface area contributed by atoms with Crippen molar-refractivity contribution in [2.45, 2.75) is 6.04 Å². The molecule has 0 bridgehead atoms. The molecule has 2 aromatic rings. The Morgan fingerprint density at radius 2 is 1.53 bits per heavy atom. The summed E-state index contributed by atoms with van der Waals surface area (Å²) >= 11 is 18.0. The third-order valence-electron chi connectivity index (χ3n) is 2.57. The van der Waals surface area contributed by atoms with Gasteiger partial charge in [-0.1, -0.05) is 40.9 Å². The molecule has 2 aromatic carbocycles. The summed E-state index contributed by atoms with van der Waals surface area (Å²) in [6.07, 6.45) is 0. The summed E-state index contributed by atoms with van der Waals surface area (Å²) in [5.74, 6) is 0. The van der Waals surface area contributed by atoms with E-state index in [1.807, 2.05) is 0 Å². The van der Waals surface area contributed by atoms with E-state index in [4.69, 9.17) is 34.8 Å². The molecule has 0 spiro atoms. The SMILES string of the molecule is N#C[C@H](Nc1ccc(Cl)cc1)c1c(Cl)cccc1Cl. The number of benzene rings is 2. The topological polar surface area (TPSA) is 35.8 Å². The maximum atomic E-state index is 9.29. The van der Waals surface area contributed by atoms with Gasteiger partial charge in [-0.15, -0.1) is 0 Å². The largest absolute Gasteiger partial charge is 0.366 e. The van der Waals surface area contributed by atoms with E-state index in [1.54, 1.807) is 42.5 Å². The highest BCUT2D eigenvalue weighted by Crippen LogP contribution is 2.32. The lowest BCUT2D eigenvalue weighted by Gasteiger charge is -2.16. The van der Waals surface area contributed by atoms with Crippen LogP contribution in [0.25, 0.3) is 0 Å². The van der Waals surface area contributed by atoms with Gasteiger partial charge in [-0.05, 0) is 36.4 Å². The van der Waals surface area contributed by atoms with Gasteiger partial charge in [-0.2, -0.15) is 5.26 Å². The number of anilines is 1. The second-order valence-corrected chi connectivity index (χ2v) is 5.10. The molecule has 0 heterocycles. The third-order valence-corrected chi connectivity index (χ3v) is 3.48. The molecule has 0 aromatic heterocycles. The monoisotopic (exact) mass is 310 g/mol. The molecule has 0 aliphatic heterocycles. The van der Waals surface area contributed by atoms with Crippen molar-refractivity contribution in [2.75, 3.05) is 5.32 Å². The van der Waals surface area contributed by atoms with Gasteiger partial charge in [0.2, 0.25) is 0 Å². The van der Waals surface area contributed by atoms with Crippen LogP contribution in [-0.2, 0) is 0 Å². The van der Waals surface area contributed by atoms with Gasteiger partial charge in [0, 0.05) is 26.3 Å². The van der Waals surface area contributed by atoms with Crippen molar-refractivity contribution in [3.8, 4) is 6.07 Å². The van der Waals surface area contributed by atoms with Crippen LogP contribution in [0.4, 0.5) is 5.69 Å². The Bertz CT molecular complexity index is 597. The highest BCUT2D eigenvalue weighted by molar-refractivity contribution is 6.36. The van der Waals surface area contributed by atoms with E-state index in [-0.39, 0.29) is 0 Å². The number of nitrogens with zero attached hydrogens (tertiary/aromatic N) is 1. The summed E-state index contributed by atoms with van der Waals surface area (Å²) in [5, 5.41) is 13.9. The van der Waals surface area contributed by atoms with E-state index in [9.17, 15) is 5.26 Å². The van der Waals surface area contributed by atoms with E-state index >= 15 is 0 Å². The van der Waals surface area contributed by atoms with Crippen molar-refractivity contribution in [3.63, 3.8) is 0 Å². The Balaban J connectivity index is 2.31. The molecule has 1 atom stereocenters. The van der Waals surface area contributed by atoms with Crippen LogP contribution in [0, 0.1) is 11.3 Å². The molecule has 0 aliphatic rings. The molecule has 2 rings (SSSR count). The predicted molar refractivity (Wildman–Crippen MR) is 79.9 cm³/mol. The minimum absolute atomic E-state index is 0.459. The van der Waals surface area contributed by atoms with E-state index in [0.717, 1.165) is 5.69 Å². The Morgan fingerprint density at radius 3 is 2.05 bits per heavy atom. The molecule has 1 N–H and O–H groups in total. The third kappa shape index (κ3) is 3.33. The van der Waals surface area contributed by atoms with Gasteiger partial charge in [-0.25, -0.2) is 0 Å². The number of hydrogen-bond acceptors (Lipinski definition) is 2. The summed E-state index contributed by atoms with van der Waals surface area (Å²) in [6, 6.07) is 13.7. The maximum Gasteiger partial charge on any atom is 0.143 e. The average Bonchev–Trinajstić information content (AvgIpc) is 2.39. The van der Waals surface area contributed by atoms with Gasteiger partial charge in [0.1, 0.15) is 6.04 Å². The number of halogens is 3. The molecular formula is C14H9Cl3N2. The highest BCUT2D eigenvalue weighted by atomic mass is 35.5. The van der Waals surface area contributed by atoms with Crippen LogP contribution in [0.1, 0.15) is 11.6 Å². The van der Waals surface area contributed by atoms with Gasteiger partial charge in [0.05, 0.1) is 6.07 Å². The first-order valence-corrected chi connectivity index (χ1v) is 6.61. The van der Waals surface area contributed by atoms with Crippen LogP contribution < -0.4 is 5.32 Å². The molecule has 2 nitrogen and oxygen atoms in total. The van der Waals surface area contributed by atoms with E-state index < -0.39 is 6.04 Å². The quantitative estimate of drug-likeness (QED) is 0.832. The Kier molecular flexibility index (Phi) is 4.55. The van der Waals surface area contributed by atoms with Crippen molar-refractivity contribution in [1.29, 1.82) is 5.26 Å². The minimum Gasteiger partial charge on any atom is -0.366 e. The van der Waals surface area contributed by atoms with E-state index in [0.29, 0.717) is 20.6 Å². The fourth-order valence-electron chi connectivity index (χ4n) is 1.67. The van der Waals surface area contributed by atoms with Crippen molar-refractivity contribution in [3.05, 3.63) is 63.1 Å². The lowest BCUT2D eigenvalue weighted by atomic mass is 10.1. The standard InChI is InChI=1S/C14H9Cl3N2/c15-9-4-6-10(7-5-9)19-13(8-18)14-11(16)2-1-3-12(14)17/h1-7,13,19H/t13-/m0/s1. The fraction of sp³-hybridized carbons (Fsp3) is 0.0714. The first-order chi connectivity index (χ1) is 9.11. The summed E-state index contributed by atoms with van der Waals surface area (Å²) in [7, 11) is 0. The zero-order valence-electron chi connectivity index (χ0n) is 9.70. The highest BCUT2D eigenvalue weighted by Gasteiger charge is 2.17. The van der Waals surface area contributed by atoms with Gasteiger partial charge in [-0.3, -0.25) is 0 Å². The molecule has 0 unspecified atom stereocenters. The normalized spacial score (nSPS) is 11.7. The van der Waals surface area contributed by atoms with Gasteiger partial charge in [0.15, 0.2) is 0 Å². The molecule has 0 saturated carbocycles. The van der Waals surface area contributed by atoms with Gasteiger partial charge >= 0.3 is 0 Å². The zero-order chi connectivity index (χ0) is 13.8. The van der Waals surface area contributed by atoms with Crippen LogP contribution in [0.15, 0.2) is 42.5 Å². The number of nitrogens with one attached hydrogen (secondary N) is 1. The summed E-state index contributed by atoms with van der Waals surface area (Å²) < 4.78 is 0. The fourth-order valence-corrected chi connectivity index (χ4v) is 2.41. The Labute approximate surface area is 126 Å². The summed E-state index contributed by atoms with van der Waals surface area (Å²) in [5.41, 5.74) is 1.34. The Hall–Kier alpha value is -1.40. The lowest BCUT2D eigenvalue weighted by Crippen LogP contribution is -2.09. The van der Waals surface area contributed by atoms with Crippen LogP contribution in [0.3, 0.4) is 0 Å². The minimum atomic E-state index is -0.623. The lowest BCUT2D eigenvalue weighted by molar-refractivity contribution is 0.998. The van der Waals surface area contributed by atoms with Crippen molar-refractivity contribution < 1.29 is 0 Å². The van der Waals surface area contributed by atoms with E-state index in [1.165, 1.54) is 0 Å². The molecule has 96 valence electrons. The molecule has 0 aliphatic carbocycles. The zero-order valence-corrected chi connectivity index (χ0v) is 12.0. The second-order valence-electron chi connectivity index (χ2n) is 3.85. The molecule has 0 saturated heterocycles. The van der Waals surface area contributed by atoms with Crippen LogP contribution in [0.5, 0.6) is 0 Å². The van der Waals surface area contributed by atoms with E-state index in [2.05, 4.69) is 11.4 Å².